The van der Waals surface area contributed by atoms with Crippen molar-refractivity contribution in [3.8, 4) is 5.69 Å². The van der Waals surface area contributed by atoms with Crippen LogP contribution in [0.25, 0.3) is 5.69 Å². The second-order valence-corrected chi connectivity index (χ2v) is 7.39. The number of nitrogens with two attached hydrogens (primary N) is 2. The largest absolute Gasteiger partial charge is 0.365 e. The van der Waals surface area contributed by atoms with Crippen molar-refractivity contribution in [3.05, 3.63) is 54.5 Å². The number of rotatable bonds is 6. The Labute approximate surface area is 176 Å². The Hall–Kier alpha value is -3.60. The molecule has 0 radical (unpaired) electrons. The van der Waals surface area contributed by atoms with E-state index in [0.717, 1.165) is 5.69 Å². The fourth-order valence-electron chi connectivity index (χ4n) is 3.57. The molecule has 0 spiro atoms. The summed E-state index contributed by atoms with van der Waals surface area (Å²) in [5.74, 6) is -3.72. The van der Waals surface area contributed by atoms with Crippen LogP contribution in [0.4, 0.5) is 26.2 Å². The van der Waals surface area contributed by atoms with E-state index in [0.29, 0.717) is 18.5 Å². The molecule has 1 saturated carbocycles. The normalized spacial score (nSPS) is 20.2. The number of nitrogens with zero attached hydrogens (tertiary/aromatic N) is 4. The van der Waals surface area contributed by atoms with Gasteiger partial charge in [-0.3, -0.25) is 4.79 Å². The summed E-state index contributed by atoms with van der Waals surface area (Å²) in [6.45, 7) is 0. The minimum atomic E-state index is -2.99. The number of primary amides is 1. The molecule has 1 fully saturated rings. The third-order valence-electron chi connectivity index (χ3n) is 5.15. The van der Waals surface area contributed by atoms with Crippen LogP contribution in [0.3, 0.4) is 0 Å². The van der Waals surface area contributed by atoms with E-state index in [2.05, 4.69) is 25.7 Å². The molecule has 1 aromatic carbocycles. The van der Waals surface area contributed by atoms with Crippen molar-refractivity contribution in [1.82, 2.24) is 19.7 Å². The van der Waals surface area contributed by atoms with Crippen LogP contribution in [0, 0.1) is 0 Å². The van der Waals surface area contributed by atoms with Crippen LogP contribution >= 0.6 is 0 Å². The summed E-state index contributed by atoms with van der Waals surface area (Å²) in [6, 6.07) is 6.94. The zero-order valence-electron chi connectivity index (χ0n) is 16.5. The van der Waals surface area contributed by atoms with Crippen LogP contribution < -0.4 is 22.1 Å². The van der Waals surface area contributed by atoms with Gasteiger partial charge in [-0.25, -0.2) is 18.4 Å². The second kappa shape index (κ2) is 8.26. The third-order valence-corrected chi connectivity index (χ3v) is 5.15. The summed E-state index contributed by atoms with van der Waals surface area (Å²) >= 11 is 0. The van der Waals surface area contributed by atoms with Gasteiger partial charge in [0.2, 0.25) is 5.95 Å². The highest BCUT2D eigenvalue weighted by Gasteiger charge is 2.46. The first-order chi connectivity index (χ1) is 14.8. The summed E-state index contributed by atoms with van der Waals surface area (Å²) in [7, 11) is 0. The van der Waals surface area contributed by atoms with E-state index in [1.54, 1.807) is 41.3 Å². The number of carbonyl (C=O) groups is 1. The van der Waals surface area contributed by atoms with E-state index in [-0.39, 0.29) is 23.8 Å². The number of carbonyl (C=O) groups excluding carboxylic acids is 1. The predicted molar refractivity (Wildman–Crippen MR) is 112 cm³/mol. The fraction of sp³-hybridized carbons (Fsp3) is 0.300. The van der Waals surface area contributed by atoms with Gasteiger partial charge in [0.15, 0.2) is 0 Å². The number of benzene rings is 1. The lowest BCUT2D eigenvalue weighted by molar-refractivity contribution is -0.0513. The van der Waals surface area contributed by atoms with Crippen molar-refractivity contribution in [3.63, 3.8) is 0 Å². The second-order valence-electron chi connectivity index (χ2n) is 7.39. The molecule has 2 heterocycles. The van der Waals surface area contributed by atoms with Gasteiger partial charge in [-0.2, -0.15) is 10.1 Å². The molecule has 1 amide bonds. The molecule has 4 rings (SSSR count). The van der Waals surface area contributed by atoms with Gasteiger partial charge in [0.25, 0.3) is 11.8 Å². The summed E-state index contributed by atoms with van der Waals surface area (Å²) in [5, 5.41) is 9.83. The average molecular weight is 428 g/mol. The predicted octanol–water partition coefficient (Wildman–Crippen LogP) is 2.43. The van der Waals surface area contributed by atoms with Crippen LogP contribution in [0.2, 0.25) is 0 Å². The van der Waals surface area contributed by atoms with Gasteiger partial charge in [0, 0.05) is 36.7 Å². The van der Waals surface area contributed by atoms with Crippen LogP contribution in [0.15, 0.2) is 48.9 Å². The molecule has 162 valence electrons. The van der Waals surface area contributed by atoms with E-state index in [9.17, 15) is 13.6 Å². The number of hydrogen-bond acceptors (Lipinski definition) is 7. The van der Waals surface area contributed by atoms with Crippen LogP contribution in [0.5, 0.6) is 0 Å². The Balaban J connectivity index is 1.63. The Kier molecular flexibility index (Phi) is 5.51. The van der Waals surface area contributed by atoms with Crippen molar-refractivity contribution in [2.75, 3.05) is 10.6 Å². The molecule has 0 aliphatic heterocycles. The molecular formula is C20H22F2N8O. The van der Waals surface area contributed by atoms with Crippen molar-refractivity contribution in [2.45, 2.75) is 37.3 Å². The SMILES string of the molecule is NC(=O)c1cnc(N[C@H]2[C@@H](N)CCCC2(F)F)nc1Nc1cccc(-n2cccn2)c1. The van der Waals surface area contributed by atoms with E-state index in [4.69, 9.17) is 11.5 Å². The van der Waals surface area contributed by atoms with Crippen LogP contribution in [-0.2, 0) is 0 Å². The summed E-state index contributed by atoms with van der Waals surface area (Å²) in [4.78, 5) is 20.1. The maximum Gasteiger partial charge on any atom is 0.269 e. The number of hydrogen-bond donors (Lipinski definition) is 4. The van der Waals surface area contributed by atoms with E-state index < -0.39 is 23.9 Å². The Bertz CT molecular complexity index is 1070. The highest BCUT2D eigenvalue weighted by atomic mass is 19.3. The van der Waals surface area contributed by atoms with Gasteiger partial charge < -0.3 is 22.1 Å². The molecule has 1 aliphatic carbocycles. The number of nitrogens with one attached hydrogen (secondary N) is 2. The molecule has 9 nitrogen and oxygen atoms in total. The van der Waals surface area contributed by atoms with Crippen molar-refractivity contribution >= 4 is 23.4 Å². The van der Waals surface area contributed by atoms with E-state index in [1.807, 2.05) is 6.07 Å². The van der Waals surface area contributed by atoms with E-state index >= 15 is 0 Å². The molecule has 31 heavy (non-hydrogen) atoms. The molecule has 6 N–H and O–H groups in total. The zero-order valence-corrected chi connectivity index (χ0v) is 16.5. The molecular weight excluding hydrogens is 406 g/mol. The first-order valence-electron chi connectivity index (χ1n) is 9.77. The lowest BCUT2D eigenvalue weighted by Gasteiger charge is -2.36. The van der Waals surface area contributed by atoms with Gasteiger partial charge >= 0.3 is 0 Å². The smallest absolute Gasteiger partial charge is 0.269 e. The van der Waals surface area contributed by atoms with Gasteiger partial charge in [0.1, 0.15) is 17.4 Å². The lowest BCUT2D eigenvalue weighted by Crippen LogP contribution is -2.55. The van der Waals surface area contributed by atoms with Crippen LogP contribution in [0.1, 0.15) is 29.6 Å². The number of halogens is 2. The van der Waals surface area contributed by atoms with Crippen LogP contribution in [-0.4, -0.2) is 43.7 Å². The standard InChI is InChI=1S/C20H22F2N8O/c21-20(22)7-2-6-15(23)16(20)28-19-25-11-14(17(24)31)18(29-19)27-12-4-1-5-13(10-12)30-9-3-8-26-30/h1,3-5,8-11,15-16H,2,6-7,23H2,(H2,24,31)(H2,25,27,28,29)/t15-,16-/m0/s1. The molecule has 2 aromatic heterocycles. The lowest BCUT2D eigenvalue weighted by atomic mass is 9.87. The van der Waals surface area contributed by atoms with Crippen molar-refractivity contribution in [1.29, 1.82) is 0 Å². The molecule has 3 aromatic rings. The monoisotopic (exact) mass is 428 g/mol. The summed E-state index contributed by atoms with van der Waals surface area (Å²) < 4.78 is 30.4. The fourth-order valence-corrected chi connectivity index (χ4v) is 3.57. The molecule has 1 aliphatic rings. The Morgan fingerprint density at radius 3 is 2.84 bits per heavy atom. The minimum Gasteiger partial charge on any atom is -0.365 e. The minimum absolute atomic E-state index is 0.0229. The first kappa shape index (κ1) is 20.7. The van der Waals surface area contributed by atoms with E-state index in [1.165, 1.54) is 6.20 Å². The van der Waals surface area contributed by atoms with Gasteiger partial charge in [-0.05, 0) is 37.1 Å². The zero-order chi connectivity index (χ0) is 22.0. The summed E-state index contributed by atoms with van der Waals surface area (Å²) in [6.07, 6.45) is 5.20. The molecule has 0 saturated heterocycles. The van der Waals surface area contributed by atoms with Crippen molar-refractivity contribution < 1.29 is 13.6 Å². The number of anilines is 3. The summed E-state index contributed by atoms with van der Waals surface area (Å²) in [5.41, 5.74) is 12.7. The van der Waals surface area contributed by atoms with Gasteiger partial charge in [0.05, 0.1) is 5.69 Å². The third kappa shape index (κ3) is 4.45. The Morgan fingerprint density at radius 2 is 2.13 bits per heavy atom. The maximum atomic E-state index is 14.3. The number of amides is 1. The molecule has 0 unspecified atom stereocenters. The number of aromatic nitrogens is 4. The van der Waals surface area contributed by atoms with Crippen molar-refractivity contribution in [2.24, 2.45) is 11.5 Å². The quantitative estimate of drug-likeness (QED) is 0.473. The molecule has 0 bridgehead atoms. The first-order valence-corrected chi connectivity index (χ1v) is 9.77. The number of alkyl halides is 2. The highest BCUT2D eigenvalue weighted by molar-refractivity contribution is 5.98. The molecule has 11 heteroatoms. The molecule has 2 atom stereocenters. The Morgan fingerprint density at radius 1 is 1.29 bits per heavy atom. The maximum absolute atomic E-state index is 14.3. The van der Waals surface area contributed by atoms with Gasteiger partial charge in [-0.1, -0.05) is 6.07 Å². The van der Waals surface area contributed by atoms with Gasteiger partial charge in [-0.15, -0.1) is 0 Å². The topological polar surface area (TPSA) is 137 Å². The highest BCUT2D eigenvalue weighted by Crippen LogP contribution is 2.34. The average Bonchev–Trinajstić information content (AvgIpc) is 3.26.